The minimum Gasteiger partial charge on any atom is -0.423 e. The van der Waals surface area contributed by atoms with E-state index in [0.29, 0.717) is 5.46 Å². The average molecular weight is 1520 g/mol. The Bertz CT molecular complexity index is 7000. The molecule has 0 bridgehead atoms. The van der Waals surface area contributed by atoms with Crippen LogP contribution in [0, 0.1) is 0 Å². The maximum atomic E-state index is 10.1. The van der Waals surface area contributed by atoms with E-state index in [1.807, 2.05) is 48.5 Å². The first kappa shape index (κ1) is 67.1. The molecule has 21 aromatic rings. The lowest BCUT2D eigenvalue weighted by Crippen LogP contribution is -2.31. The summed E-state index contributed by atoms with van der Waals surface area (Å²) in [6.07, 6.45) is 0. The highest BCUT2D eigenvalue weighted by Gasteiger charge is 2.24. The molecule has 0 aliphatic carbocycles. The highest BCUT2D eigenvalue weighted by atomic mass is 79.9. The Kier molecular flexibility index (Phi) is 17.6. The van der Waals surface area contributed by atoms with Crippen LogP contribution in [-0.4, -0.2) is 17.2 Å². The molecule has 21 rings (SSSR count). The molecule has 0 saturated carbocycles. The molecular formula is C104H67BBr2O2. The van der Waals surface area contributed by atoms with Gasteiger partial charge in [0.05, 0.1) is 0 Å². The standard InChI is InChI=1S/C64H40.C24H17BO2.C16H10Br2/c1-3-17-45-39-47(35-29-41(45)15-1)62-54-23-9-7-21-52(54)61(53-22-8-10-24-55(53)62)44-33-31-43(32-34-44)49-37-38-60(51-20-6-5-19-50(49)51)64-58-27-13-11-25-56(58)63(57-26-12-14-28-59(57)64)48-36-30-42-16-2-4-18-46(42)40-48;26-25(27)24-21-11-5-3-9-19(21)23(20-10-4-6-12-22(20)24)18-14-13-16-7-1-2-8-17(16)15-18;17-12-7-5-11(6-8-12)13-9-10-16(18)15-4-2-1-3-14(13)15/h1-40H;1-15,26-27H;1-10H. The van der Waals surface area contributed by atoms with Crippen LogP contribution in [0.25, 0.3) is 196 Å². The lowest BCUT2D eigenvalue weighted by atomic mass is 9.72. The third kappa shape index (κ3) is 12.2. The maximum Gasteiger partial charge on any atom is 0.489 e. The molecule has 512 valence electrons. The Balaban J connectivity index is 0.000000145. The first-order valence-electron chi connectivity index (χ1n) is 37.0. The summed E-state index contributed by atoms with van der Waals surface area (Å²) in [7, 11) is -1.52. The van der Waals surface area contributed by atoms with Gasteiger partial charge in [-0.1, -0.05) is 390 Å². The first-order valence-corrected chi connectivity index (χ1v) is 38.5. The topological polar surface area (TPSA) is 40.5 Å². The van der Waals surface area contributed by atoms with E-state index in [1.54, 1.807) is 0 Å². The Morgan fingerprint density at radius 3 is 0.780 bits per heavy atom. The van der Waals surface area contributed by atoms with Crippen LogP contribution in [0.4, 0.5) is 0 Å². The summed E-state index contributed by atoms with van der Waals surface area (Å²) in [6.45, 7) is 0. The zero-order valence-electron chi connectivity index (χ0n) is 59.3. The third-order valence-corrected chi connectivity index (χ3v) is 23.1. The van der Waals surface area contributed by atoms with Gasteiger partial charge in [0.1, 0.15) is 0 Å². The second-order valence-corrected chi connectivity index (χ2v) is 29.8. The van der Waals surface area contributed by atoms with Gasteiger partial charge in [-0.25, -0.2) is 0 Å². The molecule has 5 heteroatoms. The molecule has 0 unspecified atom stereocenters. The monoisotopic (exact) mass is 1520 g/mol. The molecule has 0 aliphatic rings. The zero-order valence-corrected chi connectivity index (χ0v) is 62.4. The smallest absolute Gasteiger partial charge is 0.423 e. The van der Waals surface area contributed by atoms with Gasteiger partial charge in [-0.15, -0.1) is 0 Å². The van der Waals surface area contributed by atoms with Crippen LogP contribution in [0.1, 0.15) is 0 Å². The van der Waals surface area contributed by atoms with Crippen molar-refractivity contribution >= 4 is 163 Å². The van der Waals surface area contributed by atoms with Crippen molar-refractivity contribution in [2.24, 2.45) is 0 Å². The molecule has 0 radical (unpaired) electrons. The van der Waals surface area contributed by atoms with Gasteiger partial charge in [0.2, 0.25) is 0 Å². The molecule has 21 aromatic carbocycles. The van der Waals surface area contributed by atoms with E-state index in [4.69, 9.17) is 0 Å². The van der Waals surface area contributed by atoms with Gasteiger partial charge in [0.25, 0.3) is 0 Å². The minimum atomic E-state index is -1.52. The van der Waals surface area contributed by atoms with E-state index < -0.39 is 7.12 Å². The average Bonchev–Trinajstić information content (AvgIpc) is 0.713. The number of hydrogen-bond donors (Lipinski definition) is 2. The zero-order chi connectivity index (χ0) is 73.1. The number of hydrogen-bond acceptors (Lipinski definition) is 2. The van der Waals surface area contributed by atoms with Gasteiger partial charge in [-0.2, -0.15) is 0 Å². The summed E-state index contributed by atoms with van der Waals surface area (Å²) >= 11 is 7.08. The summed E-state index contributed by atoms with van der Waals surface area (Å²) in [5.74, 6) is 0. The Hall–Kier alpha value is -12.6. The molecular weight excluding hydrogens is 1450 g/mol. The first-order chi connectivity index (χ1) is 53.8. The van der Waals surface area contributed by atoms with Gasteiger partial charge in [-0.3, -0.25) is 0 Å². The molecule has 0 saturated heterocycles. The highest BCUT2D eigenvalue weighted by Crippen LogP contribution is 2.49. The molecule has 0 spiro atoms. The van der Waals surface area contributed by atoms with E-state index in [2.05, 4.69) is 378 Å². The lowest BCUT2D eigenvalue weighted by Gasteiger charge is -2.20. The van der Waals surface area contributed by atoms with E-state index >= 15 is 0 Å². The number of rotatable bonds is 8. The molecule has 0 atom stereocenters. The highest BCUT2D eigenvalue weighted by molar-refractivity contribution is 9.11. The summed E-state index contributed by atoms with van der Waals surface area (Å²) < 4.78 is 2.24. The predicted octanol–water partition coefficient (Wildman–Crippen LogP) is 28.6. The van der Waals surface area contributed by atoms with Gasteiger partial charge in [-0.05, 0) is 238 Å². The van der Waals surface area contributed by atoms with Gasteiger partial charge < -0.3 is 10.0 Å². The minimum absolute atomic E-state index is 0.561. The predicted molar refractivity (Wildman–Crippen MR) is 475 cm³/mol. The van der Waals surface area contributed by atoms with E-state index in [1.165, 1.54) is 164 Å². The molecule has 0 heterocycles. The van der Waals surface area contributed by atoms with E-state index in [9.17, 15) is 10.0 Å². The van der Waals surface area contributed by atoms with Crippen LogP contribution in [0.5, 0.6) is 0 Å². The summed E-state index contributed by atoms with van der Waals surface area (Å²) in [5.41, 5.74) is 17.8. The molecule has 2 nitrogen and oxygen atoms in total. The normalized spacial score (nSPS) is 11.5. The van der Waals surface area contributed by atoms with Gasteiger partial charge in [0, 0.05) is 8.95 Å². The second-order valence-electron chi connectivity index (χ2n) is 28.1. The van der Waals surface area contributed by atoms with Crippen LogP contribution < -0.4 is 5.46 Å². The van der Waals surface area contributed by atoms with Crippen LogP contribution >= 0.6 is 31.9 Å². The molecule has 0 aliphatic heterocycles. The van der Waals surface area contributed by atoms with Crippen LogP contribution in [0.15, 0.2) is 403 Å². The summed E-state index contributed by atoms with van der Waals surface area (Å²) in [4.78, 5) is 0. The molecule has 0 amide bonds. The van der Waals surface area contributed by atoms with Crippen LogP contribution in [0.3, 0.4) is 0 Å². The van der Waals surface area contributed by atoms with Crippen molar-refractivity contribution in [3.8, 4) is 77.9 Å². The van der Waals surface area contributed by atoms with Crippen molar-refractivity contribution in [2.75, 3.05) is 0 Å². The summed E-state index contributed by atoms with van der Waals surface area (Å²) in [5, 5.41) is 46.5. The van der Waals surface area contributed by atoms with Gasteiger partial charge in [0.15, 0.2) is 0 Å². The van der Waals surface area contributed by atoms with Crippen molar-refractivity contribution in [3.63, 3.8) is 0 Å². The quantitative estimate of drug-likeness (QED) is 0.118. The fourth-order valence-electron chi connectivity index (χ4n) is 17.0. The third-order valence-electron chi connectivity index (χ3n) is 21.9. The van der Waals surface area contributed by atoms with Crippen molar-refractivity contribution < 1.29 is 10.0 Å². The molecule has 2 N–H and O–H groups in total. The van der Waals surface area contributed by atoms with Crippen LogP contribution in [0.2, 0.25) is 0 Å². The van der Waals surface area contributed by atoms with E-state index in [-0.39, 0.29) is 0 Å². The second kappa shape index (κ2) is 28.6. The Morgan fingerprint density at radius 2 is 0.413 bits per heavy atom. The van der Waals surface area contributed by atoms with Crippen molar-refractivity contribution in [2.45, 2.75) is 0 Å². The lowest BCUT2D eigenvalue weighted by molar-refractivity contribution is 0.426. The molecule has 109 heavy (non-hydrogen) atoms. The van der Waals surface area contributed by atoms with Crippen molar-refractivity contribution in [1.82, 2.24) is 0 Å². The van der Waals surface area contributed by atoms with E-state index in [0.717, 1.165) is 41.6 Å². The van der Waals surface area contributed by atoms with Gasteiger partial charge >= 0.3 is 7.12 Å². The number of fused-ring (bicyclic) bond motifs is 11. The van der Waals surface area contributed by atoms with Crippen molar-refractivity contribution in [3.05, 3.63) is 403 Å². The Morgan fingerprint density at radius 1 is 0.174 bits per heavy atom. The fraction of sp³-hybridized carbons (Fsp3) is 0. The summed E-state index contributed by atoms with van der Waals surface area (Å²) in [6, 6.07) is 142. The fourth-order valence-corrected chi connectivity index (χ4v) is 17.7. The molecule has 0 fully saturated rings. The maximum absolute atomic E-state index is 10.1. The number of benzene rings is 21. The Labute approximate surface area is 649 Å². The van der Waals surface area contributed by atoms with Crippen LogP contribution in [-0.2, 0) is 0 Å². The largest absolute Gasteiger partial charge is 0.489 e. The molecule has 0 aromatic heterocycles. The SMILES string of the molecule is Brc1ccc(-c2ccc(Br)c3ccccc23)cc1.OB(O)c1c2ccccc2c(-c2ccc3ccccc3c2)c2ccccc12.c1ccc2cc(-c3c4ccccc4c(-c4ccc(-c5ccc(-c6c7ccccc7c(-c7ccc8ccccc8c7)c7ccccc67)c6ccccc56)cc4)c4ccccc34)ccc2c1. The van der Waals surface area contributed by atoms with Crippen molar-refractivity contribution in [1.29, 1.82) is 0 Å². The number of halogens is 2.